The molecular weight excluding hydrogens is 356 g/mol. The Labute approximate surface area is 165 Å². The molecular formula is C23H22ClN2O. The van der Waals surface area contributed by atoms with Gasteiger partial charge in [-0.25, -0.2) is 5.32 Å². The largest absolute Gasteiger partial charge is 0.352 e. The first-order chi connectivity index (χ1) is 13.2. The Morgan fingerprint density at radius 3 is 2.00 bits per heavy atom. The molecule has 1 N–H and O–H groups in total. The number of rotatable bonds is 7. The van der Waals surface area contributed by atoms with Gasteiger partial charge in [0.2, 0.25) is 0 Å². The van der Waals surface area contributed by atoms with Gasteiger partial charge in [0, 0.05) is 30.7 Å². The molecule has 0 unspecified atom stereocenters. The fourth-order valence-corrected chi connectivity index (χ4v) is 3.00. The molecule has 1 radical (unpaired) electrons. The lowest BCUT2D eigenvalue weighted by molar-refractivity contribution is 0.0954. The first kappa shape index (κ1) is 19.2. The van der Waals surface area contributed by atoms with E-state index in [0.29, 0.717) is 17.1 Å². The Morgan fingerprint density at radius 2 is 1.41 bits per heavy atom. The molecule has 0 heterocycles. The maximum absolute atomic E-state index is 12.3. The average molecular weight is 378 g/mol. The Bertz CT molecular complexity index is 872. The molecule has 0 fully saturated rings. The smallest absolute Gasteiger partial charge is 0.251 e. The van der Waals surface area contributed by atoms with Gasteiger partial charge in [-0.3, -0.25) is 4.79 Å². The average Bonchev–Trinajstić information content (AvgIpc) is 2.70. The zero-order chi connectivity index (χ0) is 19.1. The molecule has 0 spiro atoms. The molecule has 0 aromatic heterocycles. The predicted octanol–water partition coefficient (Wildman–Crippen LogP) is 4.71. The predicted molar refractivity (Wildman–Crippen MR) is 111 cm³/mol. The van der Waals surface area contributed by atoms with Crippen molar-refractivity contribution < 1.29 is 4.79 Å². The number of carbonyl (C=O) groups excluding carboxylic acids is 1. The van der Waals surface area contributed by atoms with Gasteiger partial charge < -0.3 is 5.32 Å². The van der Waals surface area contributed by atoms with E-state index in [2.05, 4.69) is 34.9 Å². The van der Waals surface area contributed by atoms with Crippen LogP contribution in [0.15, 0.2) is 72.8 Å². The number of halogens is 1. The summed E-state index contributed by atoms with van der Waals surface area (Å²) in [6.45, 7) is 1.35. The molecule has 0 aliphatic rings. The molecule has 0 atom stereocenters. The zero-order valence-corrected chi connectivity index (χ0v) is 16.0. The molecule has 3 aromatic rings. The van der Waals surface area contributed by atoms with Crippen LogP contribution in [0.3, 0.4) is 0 Å². The van der Waals surface area contributed by atoms with Crippen LogP contribution in [-0.4, -0.2) is 19.5 Å². The van der Waals surface area contributed by atoms with E-state index in [9.17, 15) is 4.79 Å². The summed E-state index contributed by atoms with van der Waals surface area (Å²) >= 11 is 5.92. The third-order valence-corrected chi connectivity index (χ3v) is 4.64. The standard InChI is InChI=1S/C23H22ClN2O/c1-25-16-18-4-2-17(3-5-18)14-15-26-23(27)21-8-6-19(7-9-21)20-10-12-22(24)13-11-20/h2-13H,14-16H2,1H3,(H,26,27). The van der Waals surface area contributed by atoms with Crippen molar-refractivity contribution in [1.82, 2.24) is 10.6 Å². The van der Waals surface area contributed by atoms with Crippen molar-refractivity contribution in [2.75, 3.05) is 13.6 Å². The number of hydrogen-bond acceptors (Lipinski definition) is 1. The molecule has 137 valence electrons. The SMILES string of the molecule is C[N]Cc1ccc(CCNC(=O)c2ccc(-c3ccc(Cl)cc3)cc2)cc1. The highest BCUT2D eigenvalue weighted by molar-refractivity contribution is 6.30. The second-order valence-electron chi connectivity index (χ2n) is 6.38. The molecule has 27 heavy (non-hydrogen) atoms. The van der Waals surface area contributed by atoms with Crippen LogP contribution in [0.2, 0.25) is 5.02 Å². The second kappa shape index (κ2) is 9.36. The Kier molecular flexibility index (Phi) is 6.64. The molecule has 3 aromatic carbocycles. The lowest BCUT2D eigenvalue weighted by Gasteiger charge is -2.07. The van der Waals surface area contributed by atoms with E-state index < -0.39 is 0 Å². The van der Waals surface area contributed by atoms with Gasteiger partial charge in [0.05, 0.1) is 0 Å². The van der Waals surface area contributed by atoms with Crippen LogP contribution in [-0.2, 0) is 13.0 Å². The maximum Gasteiger partial charge on any atom is 0.251 e. The van der Waals surface area contributed by atoms with Gasteiger partial charge in [-0.05, 0) is 52.9 Å². The molecule has 0 saturated carbocycles. The molecule has 1 amide bonds. The molecule has 3 rings (SSSR count). The maximum atomic E-state index is 12.3. The fraction of sp³-hybridized carbons (Fsp3) is 0.174. The van der Waals surface area contributed by atoms with Crippen molar-refractivity contribution in [2.45, 2.75) is 13.0 Å². The number of nitrogens with one attached hydrogen (secondary N) is 1. The van der Waals surface area contributed by atoms with E-state index in [0.717, 1.165) is 24.1 Å². The second-order valence-corrected chi connectivity index (χ2v) is 6.82. The van der Waals surface area contributed by atoms with Gasteiger partial charge in [-0.1, -0.05) is 60.1 Å². The summed E-state index contributed by atoms with van der Waals surface area (Å²) in [5.74, 6) is -0.0564. The Balaban J connectivity index is 1.52. The van der Waals surface area contributed by atoms with Crippen molar-refractivity contribution in [3.8, 4) is 11.1 Å². The summed E-state index contributed by atoms with van der Waals surface area (Å²) in [6, 6.07) is 23.6. The number of nitrogens with zero attached hydrogens (tertiary/aromatic N) is 1. The first-order valence-corrected chi connectivity index (χ1v) is 9.31. The van der Waals surface area contributed by atoms with Gasteiger partial charge in [0.1, 0.15) is 0 Å². The summed E-state index contributed by atoms with van der Waals surface area (Å²) < 4.78 is 0. The molecule has 3 nitrogen and oxygen atoms in total. The van der Waals surface area contributed by atoms with Crippen molar-refractivity contribution in [3.63, 3.8) is 0 Å². The summed E-state index contributed by atoms with van der Waals surface area (Å²) in [7, 11) is 1.81. The van der Waals surface area contributed by atoms with E-state index in [1.807, 2.05) is 55.6 Å². The molecule has 0 bridgehead atoms. The minimum atomic E-state index is -0.0564. The van der Waals surface area contributed by atoms with Gasteiger partial charge in [-0.15, -0.1) is 0 Å². The summed E-state index contributed by atoms with van der Waals surface area (Å²) in [4.78, 5) is 12.3. The summed E-state index contributed by atoms with van der Waals surface area (Å²) in [5, 5.41) is 7.81. The lowest BCUT2D eigenvalue weighted by atomic mass is 10.0. The molecule has 0 aliphatic heterocycles. The molecule has 0 aliphatic carbocycles. The quantitative estimate of drug-likeness (QED) is 0.636. The van der Waals surface area contributed by atoms with Gasteiger partial charge in [0.15, 0.2) is 0 Å². The monoisotopic (exact) mass is 377 g/mol. The topological polar surface area (TPSA) is 43.2 Å². The molecule has 0 saturated heterocycles. The third kappa shape index (κ3) is 5.43. The number of hydrogen-bond donors (Lipinski definition) is 1. The third-order valence-electron chi connectivity index (χ3n) is 4.39. The number of carbonyl (C=O) groups is 1. The normalized spacial score (nSPS) is 10.6. The van der Waals surface area contributed by atoms with Crippen LogP contribution in [0.1, 0.15) is 21.5 Å². The van der Waals surface area contributed by atoms with Crippen molar-refractivity contribution in [3.05, 3.63) is 94.5 Å². The van der Waals surface area contributed by atoms with Crippen LogP contribution in [0.25, 0.3) is 11.1 Å². The van der Waals surface area contributed by atoms with E-state index in [1.54, 1.807) is 0 Å². The van der Waals surface area contributed by atoms with Crippen LogP contribution in [0.4, 0.5) is 0 Å². The van der Waals surface area contributed by atoms with E-state index in [1.165, 1.54) is 11.1 Å². The van der Waals surface area contributed by atoms with E-state index >= 15 is 0 Å². The highest BCUT2D eigenvalue weighted by atomic mass is 35.5. The Morgan fingerprint density at radius 1 is 0.852 bits per heavy atom. The van der Waals surface area contributed by atoms with Gasteiger partial charge in [0.25, 0.3) is 5.91 Å². The first-order valence-electron chi connectivity index (χ1n) is 8.93. The van der Waals surface area contributed by atoms with Crippen LogP contribution in [0.5, 0.6) is 0 Å². The molecule has 4 heteroatoms. The van der Waals surface area contributed by atoms with Crippen molar-refractivity contribution in [1.29, 1.82) is 0 Å². The number of amides is 1. The lowest BCUT2D eigenvalue weighted by Crippen LogP contribution is -2.25. The van der Waals surface area contributed by atoms with Gasteiger partial charge >= 0.3 is 0 Å². The van der Waals surface area contributed by atoms with E-state index in [-0.39, 0.29) is 5.91 Å². The minimum Gasteiger partial charge on any atom is -0.352 e. The highest BCUT2D eigenvalue weighted by Crippen LogP contribution is 2.21. The summed E-state index contributed by atoms with van der Waals surface area (Å²) in [6.07, 6.45) is 0.804. The Hall–Kier alpha value is -2.62. The minimum absolute atomic E-state index is 0.0564. The van der Waals surface area contributed by atoms with Crippen molar-refractivity contribution >= 4 is 17.5 Å². The summed E-state index contributed by atoms with van der Waals surface area (Å²) in [5.41, 5.74) is 5.19. The highest BCUT2D eigenvalue weighted by Gasteiger charge is 2.06. The van der Waals surface area contributed by atoms with Crippen LogP contribution in [0, 0.1) is 0 Å². The number of benzene rings is 3. The fourth-order valence-electron chi connectivity index (χ4n) is 2.87. The van der Waals surface area contributed by atoms with Gasteiger partial charge in [-0.2, -0.15) is 0 Å². The zero-order valence-electron chi connectivity index (χ0n) is 15.3. The van der Waals surface area contributed by atoms with Crippen LogP contribution >= 0.6 is 11.6 Å². The van der Waals surface area contributed by atoms with Crippen molar-refractivity contribution in [2.24, 2.45) is 0 Å². The van der Waals surface area contributed by atoms with Crippen LogP contribution < -0.4 is 10.6 Å². The van der Waals surface area contributed by atoms with E-state index in [4.69, 9.17) is 11.6 Å².